The standard InChI is InChI=1S/C23H24N2O2/c1-5-27-23(26)19-9-7-11-22(14-19)25-17(3)13-20(18(25)4)15-24-21-10-6-8-16(2)12-21/h6-15H,5H2,1-4H3. The third-order valence-electron chi connectivity index (χ3n) is 4.44. The molecule has 0 unspecified atom stereocenters. The molecular weight excluding hydrogens is 336 g/mol. The Labute approximate surface area is 160 Å². The van der Waals surface area contributed by atoms with E-state index in [1.807, 2.05) is 50.4 Å². The normalized spacial score (nSPS) is 11.1. The Morgan fingerprint density at radius 1 is 1.07 bits per heavy atom. The van der Waals surface area contributed by atoms with Crippen molar-refractivity contribution in [2.24, 2.45) is 4.99 Å². The molecular formula is C23H24N2O2. The summed E-state index contributed by atoms with van der Waals surface area (Å²) in [7, 11) is 0. The van der Waals surface area contributed by atoms with Gasteiger partial charge in [0.25, 0.3) is 0 Å². The van der Waals surface area contributed by atoms with Crippen LogP contribution in [0.25, 0.3) is 5.69 Å². The molecule has 3 rings (SSSR count). The molecule has 0 spiro atoms. The Morgan fingerprint density at radius 2 is 1.85 bits per heavy atom. The maximum absolute atomic E-state index is 12.0. The smallest absolute Gasteiger partial charge is 0.338 e. The summed E-state index contributed by atoms with van der Waals surface area (Å²) in [5.41, 5.74) is 6.82. The van der Waals surface area contributed by atoms with Crippen LogP contribution in [-0.4, -0.2) is 23.4 Å². The van der Waals surface area contributed by atoms with Gasteiger partial charge in [-0.3, -0.25) is 4.99 Å². The van der Waals surface area contributed by atoms with E-state index < -0.39 is 0 Å². The predicted molar refractivity (Wildman–Crippen MR) is 110 cm³/mol. The van der Waals surface area contributed by atoms with Crippen molar-refractivity contribution in [1.82, 2.24) is 4.57 Å². The number of carbonyl (C=O) groups excluding carboxylic acids is 1. The number of aryl methyl sites for hydroxylation is 2. The molecule has 3 aromatic rings. The van der Waals surface area contributed by atoms with Crippen molar-refractivity contribution in [1.29, 1.82) is 0 Å². The summed E-state index contributed by atoms with van der Waals surface area (Å²) in [6.45, 7) is 8.34. The zero-order valence-corrected chi connectivity index (χ0v) is 16.2. The first kappa shape index (κ1) is 18.6. The molecule has 0 saturated heterocycles. The molecule has 0 fully saturated rings. The number of rotatable bonds is 5. The van der Waals surface area contributed by atoms with E-state index in [2.05, 4.69) is 41.6 Å². The molecule has 0 aliphatic carbocycles. The fourth-order valence-corrected chi connectivity index (χ4v) is 3.15. The second-order valence-corrected chi connectivity index (χ2v) is 6.53. The lowest BCUT2D eigenvalue weighted by molar-refractivity contribution is 0.0526. The fraction of sp³-hybridized carbons (Fsp3) is 0.217. The second kappa shape index (κ2) is 8.04. The van der Waals surface area contributed by atoms with Gasteiger partial charge in [0, 0.05) is 28.9 Å². The van der Waals surface area contributed by atoms with Gasteiger partial charge in [-0.25, -0.2) is 4.79 Å². The minimum atomic E-state index is -0.303. The van der Waals surface area contributed by atoms with Crippen molar-refractivity contribution in [2.75, 3.05) is 6.61 Å². The summed E-state index contributed by atoms with van der Waals surface area (Å²) in [5.74, 6) is -0.303. The van der Waals surface area contributed by atoms with Crippen LogP contribution in [0.2, 0.25) is 0 Å². The molecule has 0 radical (unpaired) electrons. The zero-order chi connectivity index (χ0) is 19.4. The molecule has 1 heterocycles. The predicted octanol–water partition coefficient (Wildman–Crippen LogP) is 5.33. The van der Waals surface area contributed by atoms with E-state index in [-0.39, 0.29) is 5.97 Å². The Balaban J connectivity index is 1.94. The molecule has 0 aliphatic rings. The van der Waals surface area contributed by atoms with Crippen LogP contribution in [-0.2, 0) is 4.74 Å². The Kier molecular flexibility index (Phi) is 5.55. The molecule has 27 heavy (non-hydrogen) atoms. The van der Waals surface area contributed by atoms with Crippen LogP contribution in [0.1, 0.15) is 39.8 Å². The summed E-state index contributed by atoms with van der Waals surface area (Å²) < 4.78 is 7.24. The first-order valence-corrected chi connectivity index (χ1v) is 9.07. The molecule has 2 aromatic carbocycles. The molecule has 0 amide bonds. The van der Waals surface area contributed by atoms with E-state index in [9.17, 15) is 4.79 Å². The highest BCUT2D eigenvalue weighted by atomic mass is 16.5. The lowest BCUT2D eigenvalue weighted by atomic mass is 10.2. The Bertz CT molecular complexity index is 999. The second-order valence-electron chi connectivity index (χ2n) is 6.53. The van der Waals surface area contributed by atoms with Gasteiger partial charge in [-0.2, -0.15) is 0 Å². The largest absolute Gasteiger partial charge is 0.462 e. The monoisotopic (exact) mass is 360 g/mol. The van der Waals surface area contributed by atoms with E-state index in [1.165, 1.54) is 5.56 Å². The average molecular weight is 360 g/mol. The lowest BCUT2D eigenvalue weighted by Gasteiger charge is -2.11. The number of hydrogen-bond acceptors (Lipinski definition) is 3. The number of ether oxygens (including phenoxy) is 1. The van der Waals surface area contributed by atoms with Crippen molar-refractivity contribution in [2.45, 2.75) is 27.7 Å². The average Bonchev–Trinajstić information content (AvgIpc) is 2.94. The molecule has 4 nitrogen and oxygen atoms in total. The zero-order valence-electron chi connectivity index (χ0n) is 16.2. The number of aromatic nitrogens is 1. The summed E-state index contributed by atoms with van der Waals surface area (Å²) in [4.78, 5) is 16.6. The molecule has 4 heteroatoms. The van der Waals surface area contributed by atoms with E-state index in [4.69, 9.17) is 4.74 Å². The van der Waals surface area contributed by atoms with Crippen molar-refractivity contribution >= 4 is 17.9 Å². The van der Waals surface area contributed by atoms with Gasteiger partial charge < -0.3 is 9.30 Å². The summed E-state index contributed by atoms with van der Waals surface area (Å²) in [5, 5.41) is 0. The fourth-order valence-electron chi connectivity index (χ4n) is 3.15. The van der Waals surface area contributed by atoms with Crippen LogP contribution in [0.15, 0.2) is 59.6 Å². The van der Waals surface area contributed by atoms with Gasteiger partial charge in [0.2, 0.25) is 0 Å². The van der Waals surface area contributed by atoms with Gasteiger partial charge in [-0.05, 0) is 69.7 Å². The maximum atomic E-state index is 12.0. The van der Waals surface area contributed by atoms with Gasteiger partial charge in [0.1, 0.15) is 0 Å². The van der Waals surface area contributed by atoms with Crippen LogP contribution < -0.4 is 0 Å². The molecule has 0 saturated carbocycles. The summed E-state index contributed by atoms with van der Waals surface area (Å²) in [6, 6.07) is 17.7. The van der Waals surface area contributed by atoms with Crippen molar-refractivity contribution < 1.29 is 9.53 Å². The Morgan fingerprint density at radius 3 is 2.59 bits per heavy atom. The highest BCUT2D eigenvalue weighted by Crippen LogP contribution is 2.22. The van der Waals surface area contributed by atoms with Crippen LogP contribution in [0.3, 0.4) is 0 Å². The van der Waals surface area contributed by atoms with Gasteiger partial charge in [0.15, 0.2) is 0 Å². The number of esters is 1. The minimum Gasteiger partial charge on any atom is -0.462 e. The quantitative estimate of drug-likeness (QED) is 0.456. The number of nitrogens with zero attached hydrogens (tertiary/aromatic N) is 2. The maximum Gasteiger partial charge on any atom is 0.338 e. The van der Waals surface area contributed by atoms with Gasteiger partial charge >= 0.3 is 5.97 Å². The van der Waals surface area contributed by atoms with Crippen LogP contribution in [0.4, 0.5) is 5.69 Å². The first-order chi connectivity index (χ1) is 13.0. The van der Waals surface area contributed by atoms with E-state index in [1.54, 1.807) is 6.07 Å². The topological polar surface area (TPSA) is 43.6 Å². The van der Waals surface area contributed by atoms with Gasteiger partial charge in [0.05, 0.1) is 17.9 Å². The molecule has 0 bridgehead atoms. The summed E-state index contributed by atoms with van der Waals surface area (Å²) >= 11 is 0. The number of benzene rings is 2. The molecule has 0 aliphatic heterocycles. The molecule has 138 valence electrons. The highest BCUT2D eigenvalue weighted by molar-refractivity contribution is 5.90. The van der Waals surface area contributed by atoms with Gasteiger partial charge in [-0.15, -0.1) is 0 Å². The van der Waals surface area contributed by atoms with E-state index in [0.717, 1.165) is 28.3 Å². The number of aliphatic imine (C=N–C) groups is 1. The third kappa shape index (κ3) is 4.17. The first-order valence-electron chi connectivity index (χ1n) is 9.07. The van der Waals surface area contributed by atoms with Crippen molar-refractivity contribution in [3.63, 3.8) is 0 Å². The SMILES string of the molecule is CCOC(=O)c1cccc(-n2c(C)cc(C=Nc3cccc(C)c3)c2C)c1. The van der Waals surface area contributed by atoms with Gasteiger partial charge in [-0.1, -0.05) is 18.2 Å². The molecule has 0 atom stereocenters. The highest BCUT2D eigenvalue weighted by Gasteiger charge is 2.12. The molecule has 1 aromatic heterocycles. The lowest BCUT2D eigenvalue weighted by Crippen LogP contribution is -2.06. The van der Waals surface area contributed by atoms with Crippen molar-refractivity contribution in [3.05, 3.63) is 82.7 Å². The number of carbonyl (C=O) groups is 1. The molecule has 0 N–H and O–H groups in total. The Hall–Kier alpha value is -3.14. The minimum absolute atomic E-state index is 0.303. The summed E-state index contributed by atoms with van der Waals surface area (Å²) in [6.07, 6.45) is 1.89. The third-order valence-corrected chi connectivity index (χ3v) is 4.44. The van der Waals surface area contributed by atoms with Crippen LogP contribution >= 0.6 is 0 Å². The van der Waals surface area contributed by atoms with Crippen LogP contribution in [0, 0.1) is 20.8 Å². The van der Waals surface area contributed by atoms with E-state index in [0.29, 0.717) is 12.2 Å². The van der Waals surface area contributed by atoms with E-state index >= 15 is 0 Å². The van der Waals surface area contributed by atoms with Crippen LogP contribution in [0.5, 0.6) is 0 Å². The number of hydrogen-bond donors (Lipinski definition) is 0. The van der Waals surface area contributed by atoms with Crippen molar-refractivity contribution in [3.8, 4) is 5.69 Å².